The lowest BCUT2D eigenvalue weighted by atomic mass is 10.1. The average molecular weight is 424 g/mol. The van der Waals surface area contributed by atoms with Crippen LogP contribution in [0, 0.1) is 10.1 Å². The fourth-order valence-corrected chi connectivity index (χ4v) is 4.04. The van der Waals surface area contributed by atoms with Crippen molar-refractivity contribution in [3.05, 3.63) is 33.3 Å². The van der Waals surface area contributed by atoms with E-state index in [4.69, 9.17) is 11.6 Å². The Bertz CT molecular complexity index is 774. The molecule has 0 spiro atoms. The molecule has 3 rings (SSSR count). The van der Waals surface area contributed by atoms with Crippen LogP contribution in [0.1, 0.15) is 19.8 Å². The first-order chi connectivity index (χ1) is 13.8. The molecule has 10 heteroatoms. The van der Waals surface area contributed by atoms with Gasteiger partial charge >= 0.3 is 0 Å². The van der Waals surface area contributed by atoms with Crippen molar-refractivity contribution in [3.63, 3.8) is 0 Å². The van der Waals surface area contributed by atoms with Crippen molar-refractivity contribution in [1.29, 1.82) is 0 Å². The molecule has 29 heavy (non-hydrogen) atoms. The highest BCUT2D eigenvalue weighted by Crippen LogP contribution is 2.31. The molecule has 158 valence electrons. The zero-order valence-electron chi connectivity index (χ0n) is 16.5. The number of carbonyl (C=O) groups excluding carboxylic acids is 2. The van der Waals surface area contributed by atoms with Crippen LogP contribution in [0.3, 0.4) is 0 Å². The van der Waals surface area contributed by atoms with Crippen LogP contribution in [-0.4, -0.2) is 78.4 Å². The Hall–Kier alpha value is -2.39. The molecule has 2 aliphatic heterocycles. The van der Waals surface area contributed by atoms with Crippen LogP contribution in [0.5, 0.6) is 0 Å². The smallest absolute Gasteiger partial charge is 0.294 e. The minimum atomic E-state index is -0.418. The zero-order valence-corrected chi connectivity index (χ0v) is 17.2. The fraction of sp³-hybridized carbons (Fsp3) is 0.579. The van der Waals surface area contributed by atoms with Crippen LogP contribution in [0.2, 0.25) is 5.02 Å². The van der Waals surface area contributed by atoms with E-state index in [2.05, 4.69) is 10.2 Å². The van der Waals surface area contributed by atoms with Crippen LogP contribution in [0.25, 0.3) is 0 Å². The number of hydrogen-bond donors (Lipinski definition) is 1. The maximum absolute atomic E-state index is 12.4. The van der Waals surface area contributed by atoms with Gasteiger partial charge in [0.05, 0.1) is 11.5 Å². The summed E-state index contributed by atoms with van der Waals surface area (Å²) in [5.41, 5.74) is 0.557. The number of nitrogens with zero attached hydrogens (tertiary/aromatic N) is 4. The predicted molar refractivity (Wildman–Crippen MR) is 110 cm³/mol. The molecule has 2 heterocycles. The lowest BCUT2D eigenvalue weighted by Crippen LogP contribution is -2.52. The molecule has 1 N–H and O–H groups in total. The van der Waals surface area contributed by atoms with Gasteiger partial charge in [0, 0.05) is 63.3 Å². The summed E-state index contributed by atoms with van der Waals surface area (Å²) in [5, 5.41) is 14.7. The Kier molecular flexibility index (Phi) is 6.92. The van der Waals surface area contributed by atoms with E-state index in [1.165, 1.54) is 6.07 Å². The normalized spacial score (nSPS) is 18.6. The van der Waals surface area contributed by atoms with Gasteiger partial charge in [-0.15, -0.1) is 0 Å². The summed E-state index contributed by atoms with van der Waals surface area (Å²) < 4.78 is 0. The van der Waals surface area contributed by atoms with Crippen molar-refractivity contribution in [1.82, 2.24) is 15.1 Å². The van der Waals surface area contributed by atoms with E-state index >= 15 is 0 Å². The van der Waals surface area contributed by atoms with Crippen molar-refractivity contribution in [2.24, 2.45) is 0 Å². The molecule has 1 aromatic carbocycles. The van der Waals surface area contributed by atoms with Gasteiger partial charge in [-0.2, -0.15) is 0 Å². The first kappa shape index (κ1) is 21.3. The third kappa shape index (κ3) is 5.57. The van der Waals surface area contributed by atoms with E-state index in [9.17, 15) is 19.7 Å². The molecule has 0 aliphatic carbocycles. The Labute approximate surface area is 174 Å². The SMILES string of the molecule is CC(=O)N1CCC(NC(=O)CN2CCN(c3ccc(Cl)cc3[N+](=O)[O-])CC2)CC1. The lowest BCUT2D eigenvalue weighted by Gasteiger charge is -2.36. The van der Waals surface area contributed by atoms with Crippen LogP contribution < -0.4 is 10.2 Å². The number of anilines is 1. The number of piperazine rings is 1. The molecule has 0 atom stereocenters. The number of nitro benzene ring substituents is 1. The summed E-state index contributed by atoms with van der Waals surface area (Å²) in [6, 6.07) is 4.81. The van der Waals surface area contributed by atoms with Gasteiger partial charge < -0.3 is 15.1 Å². The Morgan fingerprint density at radius 1 is 1.17 bits per heavy atom. The predicted octanol–water partition coefficient (Wildman–Crippen LogP) is 1.50. The molecule has 2 saturated heterocycles. The van der Waals surface area contributed by atoms with E-state index in [1.807, 2.05) is 4.90 Å². The number of piperidine rings is 1. The van der Waals surface area contributed by atoms with Crippen LogP contribution in [-0.2, 0) is 9.59 Å². The van der Waals surface area contributed by atoms with E-state index in [0.29, 0.717) is 56.5 Å². The highest BCUT2D eigenvalue weighted by molar-refractivity contribution is 6.30. The number of rotatable bonds is 5. The second-order valence-corrected chi connectivity index (χ2v) is 7.94. The van der Waals surface area contributed by atoms with Gasteiger partial charge in [-0.25, -0.2) is 0 Å². The lowest BCUT2D eigenvalue weighted by molar-refractivity contribution is -0.384. The molecule has 2 amide bonds. The molecule has 0 unspecified atom stereocenters. The van der Waals surface area contributed by atoms with E-state index in [0.717, 1.165) is 12.8 Å². The number of likely N-dealkylation sites (tertiary alicyclic amines) is 1. The molecule has 0 saturated carbocycles. The third-order valence-electron chi connectivity index (χ3n) is 5.52. The first-order valence-corrected chi connectivity index (χ1v) is 10.2. The number of nitro groups is 1. The second kappa shape index (κ2) is 9.41. The first-order valence-electron chi connectivity index (χ1n) is 9.79. The van der Waals surface area contributed by atoms with Crippen molar-refractivity contribution >= 4 is 34.8 Å². The molecule has 0 radical (unpaired) electrons. The monoisotopic (exact) mass is 423 g/mol. The summed E-state index contributed by atoms with van der Waals surface area (Å²) >= 11 is 5.89. The van der Waals surface area contributed by atoms with E-state index in [1.54, 1.807) is 24.0 Å². The maximum atomic E-state index is 12.4. The molecule has 2 fully saturated rings. The largest absolute Gasteiger partial charge is 0.363 e. The van der Waals surface area contributed by atoms with Crippen molar-refractivity contribution < 1.29 is 14.5 Å². The number of amides is 2. The summed E-state index contributed by atoms with van der Waals surface area (Å²) in [7, 11) is 0. The van der Waals surface area contributed by atoms with Crippen LogP contribution in [0.4, 0.5) is 11.4 Å². The van der Waals surface area contributed by atoms with Crippen LogP contribution >= 0.6 is 11.6 Å². The minimum absolute atomic E-state index is 0.000552. The van der Waals surface area contributed by atoms with Gasteiger partial charge in [-0.3, -0.25) is 24.6 Å². The van der Waals surface area contributed by atoms with Gasteiger partial charge in [-0.1, -0.05) is 11.6 Å². The number of hydrogen-bond acceptors (Lipinski definition) is 6. The summed E-state index contributed by atoms with van der Waals surface area (Å²) in [4.78, 5) is 40.5. The topological polar surface area (TPSA) is 99.0 Å². The average Bonchev–Trinajstić information content (AvgIpc) is 2.69. The third-order valence-corrected chi connectivity index (χ3v) is 5.75. The highest BCUT2D eigenvalue weighted by Gasteiger charge is 2.26. The Morgan fingerprint density at radius 2 is 1.83 bits per heavy atom. The standard InChI is InChI=1S/C19H26ClN5O4/c1-14(26)23-6-4-16(5-7-23)21-19(27)13-22-8-10-24(11-9-22)17-3-2-15(20)12-18(17)25(28)29/h2-3,12,16H,4-11,13H2,1H3,(H,21,27). The Morgan fingerprint density at radius 3 is 2.41 bits per heavy atom. The second-order valence-electron chi connectivity index (χ2n) is 7.50. The van der Waals surface area contributed by atoms with Crippen molar-refractivity contribution in [3.8, 4) is 0 Å². The fourth-order valence-electron chi connectivity index (χ4n) is 3.87. The number of nitrogens with one attached hydrogen (secondary N) is 1. The molecule has 2 aliphatic rings. The molecular weight excluding hydrogens is 398 g/mol. The van der Waals surface area contributed by atoms with Crippen molar-refractivity contribution in [2.45, 2.75) is 25.8 Å². The summed E-state index contributed by atoms with van der Waals surface area (Å²) in [6.45, 7) is 5.74. The van der Waals surface area contributed by atoms with Gasteiger partial charge in [0.15, 0.2) is 0 Å². The van der Waals surface area contributed by atoms with Gasteiger partial charge in [0.25, 0.3) is 5.69 Å². The zero-order chi connectivity index (χ0) is 21.0. The highest BCUT2D eigenvalue weighted by atomic mass is 35.5. The quantitative estimate of drug-likeness (QED) is 0.569. The van der Waals surface area contributed by atoms with Gasteiger partial charge in [-0.05, 0) is 25.0 Å². The number of carbonyl (C=O) groups is 2. The summed E-state index contributed by atoms with van der Waals surface area (Å²) in [6.07, 6.45) is 1.55. The molecule has 0 aromatic heterocycles. The van der Waals surface area contributed by atoms with Gasteiger partial charge in [0.2, 0.25) is 11.8 Å². The minimum Gasteiger partial charge on any atom is -0.363 e. The molecule has 1 aromatic rings. The van der Waals surface area contributed by atoms with Crippen molar-refractivity contribution in [2.75, 3.05) is 50.7 Å². The van der Waals surface area contributed by atoms with E-state index < -0.39 is 4.92 Å². The van der Waals surface area contributed by atoms with E-state index in [-0.39, 0.29) is 23.5 Å². The van der Waals surface area contributed by atoms with Crippen LogP contribution in [0.15, 0.2) is 18.2 Å². The maximum Gasteiger partial charge on any atom is 0.294 e. The molecule has 9 nitrogen and oxygen atoms in total. The summed E-state index contributed by atoms with van der Waals surface area (Å²) in [5.74, 6) is 0.0609. The molecular formula is C19H26ClN5O4. The van der Waals surface area contributed by atoms with Gasteiger partial charge in [0.1, 0.15) is 5.69 Å². The number of benzene rings is 1. The number of halogens is 1. The molecule has 0 bridgehead atoms. The Balaban J connectivity index is 1.46.